The van der Waals surface area contributed by atoms with Crippen molar-refractivity contribution < 1.29 is 4.74 Å². The molecule has 0 fully saturated rings. The summed E-state index contributed by atoms with van der Waals surface area (Å²) in [5, 5.41) is 0. The van der Waals surface area contributed by atoms with Crippen LogP contribution in [0.2, 0.25) is 0 Å². The molecular formula is C15H26N2O. The monoisotopic (exact) mass is 250 g/mol. The van der Waals surface area contributed by atoms with Crippen LogP contribution in [0.3, 0.4) is 0 Å². The summed E-state index contributed by atoms with van der Waals surface area (Å²) < 4.78 is 5.68. The van der Waals surface area contributed by atoms with Crippen LogP contribution >= 0.6 is 0 Å². The molecule has 0 unspecified atom stereocenters. The summed E-state index contributed by atoms with van der Waals surface area (Å²) >= 11 is 0. The molecule has 0 saturated heterocycles. The van der Waals surface area contributed by atoms with Gasteiger partial charge in [0.25, 0.3) is 0 Å². The number of benzene rings is 1. The third-order valence-corrected chi connectivity index (χ3v) is 3.04. The third-order valence-electron chi connectivity index (χ3n) is 3.04. The van der Waals surface area contributed by atoms with E-state index in [1.807, 2.05) is 24.3 Å². The third kappa shape index (κ3) is 5.92. The Morgan fingerprint density at radius 2 is 1.72 bits per heavy atom. The zero-order valence-electron chi connectivity index (χ0n) is 11.7. The highest BCUT2D eigenvalue weighted by molar-refractivity contribution is 5.41. The van der Waals surface area contributed by atoms with Crippen molar-refractivity contribution >= 4 is 5.69 Å². The molecule has 0 bridgehead atoms. The lowest BCUT2D eigenvalue weighted by Gasteiger charge is -2.19. The Morgan fingerprint density at radius 3 is 2.33 bits per heavy atom. The van der Waals surface area contributed by atoms with E-state index in [0.717, 1.165) is 37.6 Å². The standard InChI is InChI=1S/C15H26N2O/c1-3-5-11-17(4-2)12-6-13-18-15-9-7-14(16)8-10-15/h7-10H,3-6,11-13,16H2,1-2H3. The second-order valence-corrected chi connectivity index (χ2v) is 4.56. The van der Waals surface area contributed by atoms with Gasteiger partial charge in [0, 0.05) is 12.2 Å². The zero-order chi connectivity index (χ0) is 13.2. The molecule has 2 N–H and O–H groups in total. The van der Waals surface area contributed by atoms with Gasteiger partial charge in [0.1, 0.15) is 5.75 Å². The summed E-state index contributed by atoms with van der Waals surface area (Å²) in [5.41, 5.74) is 6.40. The lowest BCUT2D eigenvalue weighted by molar-refractivity contribution is 0.239. The van der Waals surface area contributed by atoms with Gasteiger partial charge >= 0.3 is 0 Å². The fraction of sp³-hybridized carbons (Fsp3) is 0.600. The molecule has 0 spiro atoms. The minimum absolute atomic E-state index is 0.770. The van der Waals surface area contributed by atoms with Gasteiger partial charge in [0.05, 0.1) is 6.61 Å². The number of rotatable bonds is 9. The van der Waals surface area contributed by atoms with E-state index in [1.54, 1.807) is 0 Å². The predicted molar refractivity (Wildman–Crippen MR) is 78.0 cm³/mol. The zero-order valence-corrected chi connectivity index (χ0v) is 11.7. The van der Waals surface area contributed by atoms with Crippen LogP contribution in [0.5, 0.6) is 5.75 Å². The number of anilines is 1. The maximum Gasteiger partial charge on any atom is 0.119 e. The van der Waals surface area contributed by atoms with Crippen LogP contribution in [0.4, 0.5) is 5.69 Å². The summed E-state index contributed by atoms with van der Waals surface area (Å²) in [4.78, 5) is 2.48. The summed E-state index contributed by atoms with van der Waals surface area (Å²) in [7, 11) is 0. The van der Waals surface area contributed by atoms with Crippen LogP contribution in [-0.2, 0) is 0 Å². The largest absolute Gasteiger partial charge is 0.494 e. The van der Waals surface area contributed by atoms with Crippen molar-refractivity contribution in [3.05, 3.63) is 24.3 Å². The van der Waals surface area contributed by atoms with E-state index < -0.39 is 0 Å². The number of nitrogens with zero attached hydrogens (tertiary/aromatic N) is 1. The van der Waals surface area contributed by atoms with Gasteiger partial charge in [0.15, 0.2) is 0 Å². The van der Waals surface area contributed by atoms with Crippen molar-refractivity contribution in [1.82, 2.24) is 4.90 Å². The SMILES string of the molecule is CCCCN(CC)CCCOc1ccc(N)cc1. The molecule has 0 aromatic heterocycles. The highest BCUT2D eigenvalue weighted by Gasteiger charge is 2.01. The van der Waals surface area contributed by atoms with Crippen LogP contribution < -0.4 is 10.5 Å². The van der Waals surface area contributed by atoms with Crippen LogP contribution in [0.15, 0.2) is 24.3 Å². The van der Waals surface area contributed by atoms with Crippen molar-refractivity contribution in [2.24, 2.45) is 0 Å². The Balaban J connectivity index is 2.15. The first kappa shape index (κ1) is 14.8. The maximum atomic E-state index is 5.68. The average molecular weight is 250 g/mol. The molecule has 102 valence electrons. The molecule has 1 rings (SSSR count). The topological polar surface area (TPSA) is 38.5 Å². The molecule has 0 saturated carbocycles. The number of nitrogens with two attached hydrogens (primary N) is 1. The molecule has 3 heteroatoms. The quantitative estimate of drug-likeness (QED) is 0.540. The second-order valence-electron chi connectivity index (χ2n) is 4.56. The Morgan fingerprint density at radius 1 is 1.06 bits per heavy atom. The smallest absolute Gasteiger partial charge is 0.119 e. The Labute approximate surface area is 111 Å². The molecule has 0 aliphatic heterocycles. The van der Waals surface area contributed by atoms with E-state index in [0.29, 0.717) is 0 Å². The van der Waals surface area contributed by atoms with Crippen molar-refractivity contribution in [1.29, 1.82) is 0 Å². The summed E-state index contributed by atoms with van der Waals surface area (Å²) in [6, 6.07) is 7.58. The van der Waals surface area contributed by atoms with Crippen LogP contribution in [-0.4, -0.2) is 31.1 Å². The summed E-state index contributed by atoms with van der Waals surface area (Å²) in [6.45, 7) is 8.67. The normalized spacial score (nSPS) is 10.8. The molecule has 0 aliphatic carbocycles. The van der Waals surface area contributed by atoms with Gasteiger partial charge < -0.3 is 15.4 Å². The predicted octanol–water partition coefficient (Wildman–Crippen LogP) is 3.16. The van der Waals surface area contributed by atoms with E-state index in [1.165, 1.54) is 19.4 Å². The maximum absolute atomic E-state index is 5.68. The number of hydrogen-bond acceptors (Lipinski definition) is 3. The van der Waals surface area contributed by atoms with E-state index in [-0.39, 0.29) is 0 Å². The number of hydrogen-bond donors (Lipinski definition) is 1. The fourth-order valence-corrected chi connectivity index (χ4v) is 1.85. The molecule has 1 aromatic rings. The first-order valence-electron chi connectivity index (χ1n) is 6.97. The number of nitrogen functional groups attached to an aromatic ring is 1. The van der Waals surface area contributed by atoms with E-state index in [2.05, 4.69) is 18.7 Å². The van der Waals surface area contributed by atoms with Gasteiger partial charge in [-0.2, -0.15) is 0 Å². The highest BCUT2D eigenvalue weighted by atomic mass is 16.5. The molecule has 3 nitrogen and oxygen atoms in total. The Kier molecular flexibility index (Phi) is 7.26. The minimum atomic E-state index is 0.770. The van der Waals surface area contributed by atoms with E-state index in [4.69, 9.17) is 10.5 Å². The molecule has 18 heavy (non-hydrogen) atoms. The highest BCUT2D eigenvalue weighted by Crippen LogP contribution is 2.13. The molecule has 1 aromatic carbocycles. The lowest BCUT2D eigenvalue weighted by Crippen LogP contribution is -2.26. The van der Waals surface area contributed by atoms with Gasteiger partial charge in [-0.3, -0.25) is 0 Å². The first-order valence-corrected chi connectivity index (χ1v) is 6.97. The number of ether oxygens (including phenoxy) is 1. The van der Waals surface area contributed by atoms with Gasteiger partial charge in [-0.05, 0) is 50.2 Å². The Hall–Kier alpha value is -1.22. The molecular weight excluding hydrogens is 224 g/mol. The van der Waals surface area contributed by atoms with Crippen molar-refractivity contribution in [3.63, 3.8) is 0 Å². The van der Waals surface area contributed by atoms with Crippen molar-refractivity contribution in [3.8, 4) is 5.75 Å². The lowest BCUT2D eigenvalue weighted by atomic mass is 10.3. The van der Waals surface area contributed by atoms with Crippen LogP contribution in [0.25, 0.3) is 0 Å². The van der Waals surface area contributed by atoms with Crippen LogP contribution in [0.1, 0.15) is 33.1 Å². The first-order chi connectivity index (χ1) is 8.76. The molecule has 0 amide bonds. The van der Waals surface area contributed by atoms with Crippen molar-refractivity contribution in [2.45, 2.75) is 33.1 Å². The van der Waals surface area contributed by atoms with Gasteiger partial charge in [-0.1, -0.05) is 20.3 Å². The molecule has 0 heterocycles. The molecule has 0 aliphatic rings. The fourth-order valence-electron chi connectivity index (χ4n) is 1.85. The van der Waals surface area contributed by atoms with E-state index >= 15 is 0 Å². The summed E-state index contributed by atoms with van der Waals surface area (Å²) in [6.07, 6.45) is 3.62. The summed E-state index contributed by atoms with van der Waals surface area (Å²) in [5.74, 6) is 0.904. The van der Waals surface area contributed by atoms with Gasteiger partial charge in [-0.15, -0.1) is 0 Å². The number of unbranched alkanes of at least 4 members (excludes halogenated alkanes) is 1. The molecule has 0 atom stereocenters. The average Bonchev–Trinajstić information content (AvgIpc) is 2.40. The second kappa shape index (κ2) is 8.81. The van der Waals surface area contributed by atoms with Crippen molar-refractivity contribution in [2.75, 3.05) is 32.0 Å². The van der Waals surface area contributed by atoms with E-state index in [9.17, 15) is 0 Å². The minimum Gasteiger partial charge on any atom is -0.494 e. The Bertz CT molecular complexity index is 311. The van der Waals surface area contributed by atoms with Gasteiger partial charge in [-0.25, -0.2) is 0 Å². The van der Waals surface area contributed by atoms with Gasteiger partial charge in [0.2, 0.25) is 0 Å². The van der Waals surface area contributed by atoms with Crippen LogP contribution in [0, 0.1) is 0 Å². The molecule has 0 radical (unpaired) electrons.